The number of nitrogens with zero attached hydrogens (tertiary/aromatic N) is 1. The number of rotatable bonds is 3. The van der Waals surface area contributed by atoms with Crippen molar-refractivity contribution < 1.29 is 27.4 Å². The molecule has 23 heavy (non-hydrogen) atoms. The van der Waals surface area contributed by atoms with E-state index < -0.39 is 17.2 Å². The van der Waals surface area contributed by atoms with E-state index in [-0.39, 0.29) is 37.1 Å². The van der Waals surface area contributed by atoms with Gasteiger partial charge in [0.25, 0.3) is 0 Å². The summed E-state index contributed by atoms with van der Waals surface area (Å²) in [6.45, 7) is 6.48. The SMILES string of the molecule is CC(C)(C)OC(=O)N1CC2(CC(OCC3(C(F)(F)F)CC3)C2)C1. The van der Waals surface area contributed by atoms with Gasteiger partial charge in [0.1, 0.15) is 5.60 Å². The first kappa shape index (κ1) is 16.9. The van der Waals surface area contributed by atoms with Crippen LogP contribution < -0.4 is 0 Å². The van der Waals surface area contributed by atoms with Crippen molar-refractivity contribution >= 4 is 6.09 Å². The van der Waals surface area contributed by atoms with E-state index in [2.05, 4.69) is 0 Å². The number of ether oxygens (including phenoxy) is 2. The van der Waals surface area contributed by atoms with Gasteiger partial charge < -0.3 is 14.4 Å². The zero-order valence-electron chi connectivity index (χ0n) is 13.8. The third kappa shape index (κ3) is 3.30. The van der Waals surface area contributed by atoms with Crippen molar-refractivity contribution in [3.63, 3.8) is 0 Å². The van der Waals surface area contributed by atoms with Crippen molar-refractivity contribution in [3.8, 4) is 0 Å². The quantitative estimate of drug-likeness (QED) is 0.788. The molecular weight excluding hydrogens is 311 g/mol. The van der Waals surface area contributed by atoms with Crippen molar-refractivity contribution in [3.05, 3.63) is 0 Å². The van der Waals surface area contributed by atoms with Crippen molar-refractivity contribution in [2.45, 2.75) is 64.3 Å². The largest absolute Gasteiger partial charge is 0.444 e. The van der Waals surface area contributed by atoms with Gasteiger partial charge in [-0.05, 0) is 46.5 Å². The van der Waals surface area contributed by atoms with Crippen LogP contribution in [0.3, 0.4) is 0 Å². The molecule has 0 unspecified atom stereocenters. The van der Waals surface area contributed by atoms with E-state index >= 15 is 0 Å². The molecule has 2 saturated carbocycles. The number of hydrogen-bond acceptors (Lipinski definition) is 3. The normalized spacial score (nSPS) is 25.7. The van der Waals surface area contributed by atoms with E-state index in [4.69, 9.17) is 9.47 Å². The number of carbonyl (C=O) groups is 1. The van der Waals surface area contributed by atoms with E-state index in [0.717, 1.165) is 12.8 Å². The first-order valence-electron chi connectivity index (χ1n) is 8.10. The fraction of sp³-hybridized carbons (Fsp3) is 0.938. The Morgan fingerprint density at radius 3 is 2.17 bits per heavy atom. The van der Waals surface area contributed by atoms with Crippen LogP contribution >= 0.6 is 0 Å². The zero-order chi connectivity index (χ0) is 17.1. The first-order valence-corrected chi connectivity index (χ1v) is 8.10. The van der Waals surface area contributed by atoms with Gasteiger partial charge in [-0.15, -0.1) is 0 Å². The summed E-state index contributed by atoms with van der Waals surface area (Å²) >= 11 is 0. The van der Waals surface area contributed by atoms with Crippen molar-refractivity contribution in [2.75, 3.05) is 19.7 Å². The molecule has 1 aliphatic heterocycles. The molecule has 0 aromatic carbocycles. The Labute approximate surface area is 134 Å². The maximum Gasteiger partial charge on any atom is 0.410 e. The lowest BCUT2D eigenvalue weighted by Crippen LogP contribution is -2.65. The molecule has 0 radical (unpaired) electrons. The summed E-state index contributed by atoms with van der Waals surface area (Å²) in [5.41, 5.74) is -2.06. The molecule has 3 aliphatic rings. The third-order valence-electron chi connectivity index (χ3n) is 5.08. The van der Waals surface area contributed by atoms with E-state index in [9.17, 15) is 18.0 Å². The van der Waals surface area contributed by atoms with E-state index in [1.165, 1.54) is 0 Å². The monoisotopic (exact) mass is 335 g/mol. The van der Waals surface area contributed by atoms with Crippen LogP contribution in [-0.2, 0) is 9.47 Å². The highest BCUT2D eigenvalue weighted by Gasteiger charge is 2.64. The molecule has 132 valence electrons. The highest BCUT2D eigenvalue weighted by molar-refractivity contribution is 5.69. The Bertz CT molecular complexity index is 480. The van der Waals surface area contributed by atoms with Crippen molar-refractivity contribution in [1.82, 2.24) is 4.90 Å². The summed E-state index contributed by atoms with van der Waals surface area (Å²) in [6, 6.07) is 0. The lowest BCUT2D eigenvalue weighted by Gasteiger charge is -2.58. The highest BCUT2D eigenvalue weighted by atomic mass is 19.4. The summed E-state index contributed by atoms with van der Waals surface area (Å²) in [6.07, 6.45) is -2.74. The standard InChI is InChI=1S/C16H24F3NO3/c1-13(2,3)23-12(21)20-8-14(9-20)6-11(7-14)22-10-15(4-5-15)16(17,18)19/h11H,4-10H2,1-3H3. The number of amides is 1. The molecule has 2 aliphatic carbocycles. The molecule has 4 nitrogen and oxygen atoms in total. The van der Waals surface area contributed by atoms with Crippen LogP contribution in [0.5, 0.6) is 0 Å². The van der Waals surface area contributed by atoms with Crippen LogP contribution in [0.4, 0.5) is 18.0 Å². The molecule has 3 rings (SSSR count). The van der Waals surface area contributed by atoms with Gasteiger partial charge in [0.2, 0.25) is 0 Å². The molecule has 0 aromatic rings. The fourth-order valence-corrected chi connectivity index (χ4v) is 3.44. The maximum atomic E-state index is 12.8. The lowest BCUT2D eigenvalue weighted by molar-refractivity contribution is -0.219. The molecule has 1 spiro atoms. The number of halogens is 3. The van der Waals surface area contributed by atoms with Gasteiger partial charge in [-0.3, -0.25) is 0 Å². The minimum Gasteiger partial charge on any atom is -0.444 e. The lowest BCUT2D eigenvalue weighted by atomic mass is 9.62. The number of alkyl halides is 3. The Kier molecular flexibility index (Phi) is 3.67. The van der Waals surface area contributed by atoms with Gasteiger partial charge in [0.05, 0.1) is 18.1 Å². The van der Waals surface area contributed by atoms with Crippen LogP contribution in [0, 0.1) is 10.8 Å². The molecule has 0 atom stereocenters. The van der Waals surface area contributed by atoms with Crippen molar-refractivity contribution in [2.24, 2.45) is 10.8 Å². The predicted molar refractivity (Wildman–Crippen MR) is 76.9 cm³/mol. The smallest absolute Gasteiger partial charge is 0.410 e. The van der Waals surface area contributed by atoms with Crippen LogP contribution in [0.1, 0.15) is 46.5 Å². The van der Waals surface area contributed by atoms with Gasteiger partial charge in [-0.1, -0.05) is 0 Å². The molecule has 0 aromatic heterocycles. The van der Waals surface area contributed by atoms with Gasteiger partial charge in [-0.25, -0.2) is 4.79 Å². The molecule has 1 saturated heterocycles. The second-order valence-electron chi connectivity index (χ2n) is 8.46. The summed E-state index contributed by atoms with van der Waals surface area (Å²) in [5, 5.41) is 0. The van der Waals surface area contributed by atoms with Crippen LogP contribution in [0.15, 0.2) is 0 Å². The van der Waals surface area contributed by atoms with E-state index in [1.807, 2.05) is 20.8 Å². The fourth-order valence-electron chi connectivity index (χ4n) is 3.44. The van der Waals surface area contributed by atoms with Crippen LogP contribution in [-0.4, -0.2) is 48.6 Å². The molecule has 7 heteroatoms. The topological polar surface area (TPSA) is 38.8 Å². The Morgan fingerprint density at radius 2 is 1.74 bits per heavy atom. The Hall–Kier alpha value is -0.980. The zero-order valence-corrected chi connectivity index (χ0v) is 13.8. The van der Waals surface area contributed by atoms with Gasteiger partial charge in [0, 0.05) is 18.5 Å². The first-order chi connectivity index (χ1) is 10.4. The summed E-state index contributed by atoms with van der Waals surface area (Å²) < 4.78 is 49.3. The van der Waals surface area contributed by atoms with Gasteiger partial charge in [-0.2, -0.15) is 13.2 Å². The third-order valence-corrected chi connectivity index (χ3v) is 5.08. The average molecular weight is 335 g/mol. The molecule has 0 N–H and O–H groups in total. The molecular formula is C16H24F3NO3. The maximum absolute atomic E-state index is 12.8. The van der Waals surface area contributed by atoms with E-state index in [0.29, 0.717) is 13.1 Å². The molecule has 1 amide bonds. The second kappa shape index (κ2) is 5.01. The molecule has 0 bridgehead atoms. The predicted octanol–water partition coefficient (Wildman–Crippen LogP) is 3.75. The molecule has 3 fully saturated rings. The number of hydrogen-bond donors (Lipinski definition) is 0. The Balaban J connectivity index is 1.37. The summed E-state index contributed by atoms with van der Waals surface area (Å²) in [7, 11) is 0. The van der Waals surface area contributed by atoms with Gasteiger partial charge >= 0.3 is 12.3 Å². The second-order valence-corrected chi connectivity index (χ2v) is 8.46. The average Bonchev–Trinajstić information content (AvgIpc) is 3.01. The highest BCUT2D eigenvalue weighted by Crippen LogP contribution is 2.58. The van der Waals surface area contributed by atoms with E-state index in [1.54, 1.807) is 4.90 Å². The molecule has 1 heterocycles. The van der Waals surface area contributed by atoms with Crippen molar-refractivity contribution in [1.29, 1.82) is 0 Å². The minimum atomic E-state index is -4.15. The van der Waals surface area contributed by atoms with Crippen LogP contribution in [0.2, 0.25) is 0 Å². The van der Waals surface area contributed by atoms with Gasteiger partial charge in [0.15, 0.2) is 0 Å². The Morgan fingerprint density at radius 1 is 1.17 bits per heavy atom. The summed E-state index contributed by atoms with van der Waals surface area (Å²) in [5.74, 6) is 0. The minimum absolute atomic E-state index is 0.0382. The van der Waals surface area contributed by atoms with Crippen LogP contribution in [0.25, 0.3) is 0 Å². The summed E-state index contributed by atoms with van der Waals surface area (Å²) in [4.78, 5) is 13.5. The number of carbonyl (C=O) groups excluding carboxylic acids is 1. The number of likely N-dealkylation sites (tertiary alicyclic amines) is 1.